The molecule has 1 aromatic carbocycles. The molecule has 0 atom stereocenters. The third-order valence-electron chi connectivity index (χ3n) is 2.90. The van der Waals surface area contributed by atoms with Crippen molar-refractivity contribution in [3.63, 3.8) is 0 Å². The van der Waals surface area contributed by atoms with Gasteiger partial charge in [-0.1, -0.05) is 11.6 Å². The van der Waals surface area contributed by atoms with E-state index in [0.29, 0.717) is 10.8 Å². The Hall–Kier alpha value is -1.79. The zero-order valence-corrected chi connectivity index (χ0v) is 12.6. The lowest BCUT2D eigenvalue weighted by Crippen LogP contribution is -2.15. The smallest absolute Gasteiger partial charge is 0.264 e. The number of aromatic nitrogens is 1. The minimum absolute atomic E-state index is 0.0514. The van der Waals surface area contributed by atoms with Crippen molar-refractivity contribution in [1.82, 2.24) is 4.98 Å². The number of nitrogens with zero attached hydrogens (tertiary/aromatic N) is 1. The van der Waals surface area contributed by atoms with E-state index in [4.69, 9.17) is 17.3 Å². The first kappa shape index (κ1) is 14.6. The number of nitrogens with two attached hydrogens (primary N) is 1. The molecule has 7 heteroatoms. The number of rotatable bonds is 3. The van der Waals surface area contributed by atoms with Gasteiger partial charge in [0.2, 0.25) is 0 Å². The lowest BCUT2D eigenvalue weighted by molar-refractivity contribution is 0.601. The van der Waals surface area contributed by atoms with Crippen LogP contribution in [0.4, 0.5) is 11.4 Å². The fourth-order valence-electron chi connectivity index (χ4n) is 1.69. The number of pyridine rings is 1. The molecule has 106 valence electrons. The molecule has 0 saturated carbocycles. The number of benzene rings is 1. The highest BCUT2D eigenvalue weighted by Crippen LogP contribution is 2.25. The van der Waals surface area contributed by atoms with Gasteiger partial charge >= 0.3 is 0 Å². The number of nitrogen functional groups attached to an aromatic ring is 1. The fraction of sp³-hybridized carbons (Fsp3) is 0.154. The van der Waals surface area contributed by atoms with E-state index in [1.165, 1.54) is 18.3 Å². The summed E-state index contributed by atoms with van der Waals surface area (Å²) < 4.78 is 27.1. The van der Waals surface area contributed by atoms with Crippen LogP contribution >= 0.6 is 11.6 Å². The molecule has 1 aromatic heterocycles. The molecule has 0 unspecified atom stereocenters. The van der Waals surface area contributed by atoms with Crippen LogP contribution in [0.25, 0.3) is 0 Å². The first-order valence-electron chi connectivity index (χ1n) is 5.81. The van der Waals surface area contributed by atoms with Crippen LogP contribution in [0.2, 0.25) is 5.15 Å². The minimum Gasteiger partial charge on any atom is -0.398 e. The maximum absolute atomic E-state index is 12.3. The Balaban J connectivity index is 2.40. The second kappa shape index (κ2) is 5.30. The van der Waals surface area contributed by atoms with Crippen LogP contribution in [-0.4, -0.2) is 13.4 Å². The maximum atomic E-state index is 12.3. The molecule has 0 radical (unpaired) electrons. The molecular weight excluding hydrogens is 298 g/mol. The number of halogens is 1. The van der Waals surface area contributed by atoms with Crippen molar-refractivity contribution in [2.24, 2.45) is 0 Å². The van der Waals surface area contributed by atoms with Gasteiger partial charge in [-0.15, -0.1) is 0 Å². The fourth-order valence-corrected chi connectivity index (χ4v) is 3.05. The van der Waals surface area contributed by atoms with Gasteiger partial charge in [0, 0.05) is 0 Å². The van der Waals surface area contributed by atoms with Gasteiger partial charge in [0.15, 0.2) is 0 Å². The summed E-state index contributed by atoms with van der Waals surface area (Å²) in [5.41, 5.74) is 8.13. The van der Waals surface area contributed by atoms with E-state index in [1.807, 2.05) is 13.8 Å². The van der Waals surface area contributed by atoms with Crippen LogP contribution in [0, 0.1) is 13.8 Å². The summed E-state index contributed by atoms with van der Waals surface area (Å²) in [5, 5.41) is 0.290. The highest BCUT2D eigenvalue weighted by molar-refractivity contribution is 7.92. The van der Waals surface area contributed by atoms with E-state index < -0.39 is 10.0 Å². The van der Waals surface area contributed by atoms with E-state index in [-0.39, 0.29) is 10.6 Å². The van der Waals surface area contributed by atoms with Crippen molar-refractivity contribution in [3.05, 3.63) is 46.7 Å². The average molecular weight is 312 g/mol. The monoisotopic (exact) mass is 311 g/mol. The molecule has 3 N–H and O–H groups in total. The summed E-state index contributed by atoms with van der Waals surface area (Å²) in [6.45, 7) is 3.70. The number of nitrogens with one attached hydrogen (secondary N) is 1. The van der Waals surface area contributed by atoms with Crippen molar-refractivity contribution in [3.8, 4) is 0 Å². The number of sulfonamides is 1. The standard InChI is InChI=1S/C13H14ClN3O2S/c1-8-5-11(15)12(6-9(8)2)20(18,19)17-10-3-4-13(14)16-7-10/h3-7,17H,15H2,1-2H3. The van der Waals surface area contributed by atoms with Gasteiger partial charge in [-0.25, -0.2) is 13.4 Å². The maximum Gasteiger partial charge on any atom is 0.264 e. The normalized spacial score (nSPS) is 11.3. The molecule has 20 heavy (non-hydrogen) atoms. The summed E-state index contributed by atoms with van der Waals surface area (Å²) in [7, 11) is -3.75. The lowest BCUT2D eigenvalue weighted by Gasteiger charge is -2.12. The number of aryl methyl sites for hydroxylation is 2. The van der Waals surface area contributed by atoms with Gasteiger partial charge in [0.05, 0.1) is 17.6 Å². The summed E-state index contributed by atoms with van der Waals surface area (Å²) in [4.78, 5) is 3.87. The van der Waals surface area contributed by atoms with Crippen LogP contribution < -0.4 is 10.5 Å². The van der Waals surface area contributed by atoms with Gasteiger partial charge in [-0.2, -0.15) is 0 Å². The lowest BCUT2D eigenvalue weighted by atomic mass is 10.1. The molecule has 0 bridgehead atoms. The minimum atomic E-state index is -3.75. The predicted molar refractivity (Wildman–Crippen MR) is 80.4 cm³/mol. The second-order valence-electron chi connectivity index (χ2n) is 4.45. The second-order valence-corrected chi connectivity index (χ2v) is 6.49. The molecule has 1 heterocycles. The molecule has 0 saturated heterocycles. The third kappa shape index (κ3) is 3.02. The van der Waals surface area contributed by atoms with E-state index in [9.17, 15) is 8.42 Å². The topological polar surface area (TPSA) is 85.1 Å². The molecule has 5 nitrogen and oxygen atoms in total. The van der Waals surface area contributed by atoms with Crippen LogP contribution in [0.3, 0.4) is 0 Å². The molecule has 2 aromatic rings. The van der Waals surface area contributed by atoms with Crippen molar-refractivity contribution >= 4 is 33.0 Å². The third-order valence-corrected chi connectivity index (χ3v) is 4.56. The quantitative estimate of drug-likeness (QED) is 0.674. The Morgan fingerprint density at radius 3 is 2.45 bits per heavy atom. The summed E-state index contributed by atoms with van der Waals surface area (Å²) in [6, 6.07) is 6.23. The molecule has 2 rings (SSSR count). The summed E-state index contributed by atoms with van der Waals surface area (Å²) in [5.74, 6) is 0. The van der Waals surface area contributed by atoms with Crippen LogP contribution in [0.1, 0.15) is 11.1 Å². The zero-order valence-electron chi connectivity index (χ0n) is 11.0. The predicted octanol–water partition coefficient (Wildman–Crippen LogP) is 2.73. The van der Waals surface area contributed by atoms with Gasteiger partial charge in [-0.05, 0) is 49.2 Å². The van der Waals surface area contributed by atoms with Crippen LogP contribution in [0.5, 0.6) is 0 Å². The Morgan fingerprint density at radius 1 is 1.20 bits per heavy atom. The van der Waals surface area contributed by atoms with Gasteiger partial charge in [0.25, 0.3) is 10.0 Å². The summed E-state index contributed by atoms with van der Waals surface area (Å²) >= 11 is 5.65. The van der Waals surface area contributed by atoms with Crippen molar-refractivity contribution in [2.45, 2.75) is 18.7 Å². The van der Waals surface area contributed by atoms with E-state index in [2.05, 4.69) is 9.71 Å². The molecule has 0 fully saturated rings. The highest BCUT2D eigenvalue weighted by atomic mass is 35.5. The molecule has 0 aliphatic carbocycles. The SMILES string of the molecule is Cc1cc(N)c(S(=O)(=O)Nc2ccc(Cl)nc2)cc1C. The van der Waals surface area contributed by atoms with E-state index >= 15 is 0 Å². The Kier molecular flexibility index (Phi) is 3.87. The molecular formula is C13H14ClN3O2S. The average Bonchev–Trinajstić information content (AvgIpc) is 2.36. The Labute approximate surface area is 122 Å². The first-order valence-corrected chi connectivity index (χ1v) is 7.67. The highest BCUT2D eigenvalue weighted by Gasteiger charge is 2.18. The zero-order chi connectivity index (χ0) is 14.9. The molecule has 0 amide bonds. The number of hydrogen-bond donors (Lipinski definition) is 2. The number of hydrogen-bond acceptors (Lipinski definition) is 4. The van der Waals surface area contributed by atoms with Gasteiger partial charge in [0.1, 0.15) is 10.0 Å². The van der Waals surface area contributed by atoms with Crippen LogP contribution in [0.15, 0.2) is 35.4 Å². The van der Waals surface area contributed by atoms with Gasteiger partial charge < -0.3 is 5.73 Å². The summed E-state index contributed by atoms with van der Waals surface area (Å²) in [6.07, 6.45) is 1.34. The first-order chi connectivity index (χ1) is 9.29. The van der Waals surface area contributed by atoms with Crippen molar-refractivity contribution in [1.29, 1.82) is 0 Å². The number of anilines is 2. The molecule has 0 aliphatic heterocycles. The van der Waals surface area contributed by atoms with Crippen LogP contribution in [-0.2, 0) is 10.0 Å². The van der Waals surface area contributed by atoms with Gasteiger partial charge in [-0.3, -0.25) is 4.72 Å². The Morgan fingerprint density at radius 2 is 1.85 bits per heavy atom. The Bertz CT molecular complexity index is 743. The molecule has 0 aliphatic rings. The van der Waals surface area contributed by atoms with Crippen molar-refractivity contribution in [2.75, 3.05) is 10.5 Å². The van der Waals surface area contributed by atoms with E-state index in [1.54, 1.807) is 12.1 Å². The molecule has 0 spiro atoms. The largest absolute Gasteiger partial charge is 0.398 e. The van der Waals surface area contributed by atoms with Crippen molar-refractivity contribution < 1.29 is 8.42 Å². The van der Waals surface area contributed by atoms with E-state index in [0.717, 1.165) is 11.1 Å².